The van der Waals surface area contributed by atoms with E-state index in [0.717, 1.165) is 7.11 Å². The highest BCUT2D eigenvalue weighted by Gasteiger charge is 2.18. The van der Waals surface area contributed by atoms with Crippen molar-refractivity contribution in [1.82, 2.24) is 0 Å². The van der Waals surface area contributed by atoms with Crippen LogP contribution >= 0.6 is 0 Å². The molecule has 0 spiro atoms. The molecular weight excluding hydrogens is 224 g/mol. The quantitative estimate of drug-likeness (QED) is 0.461. The van der Waals surface area contributed by atoms with Crippen molar-refractivity contribution in [2.24, 2.45) is 0 Å². The van der Waals surface area contributed by atoms with Crippen molar-refractivity contribution < 1.29 is 24.2 Å². The Labute approximate surface area is 98.0 Å². The maximum absolute atomic E-state index is 11.4. The number of methoxy groups -OCH3 is 1. The molecule has 1 N–H and O–H groups in total. The number of Topliss-reactive ketones (excluding diaryl/α,β-unsaturated/α-hetero) is 2. The van der Waals surface area contributed by atoms with Gasteiger partial charge in [-0.2, -0.15) is 0 Å². The minimum Gasteiger partial charge on any atom is -0.508 e. The Bertz CT molecular complexity index is 433. The van der Waals surface area contributed by atoms with E-state index in [2.05, 4.69) is 4.74 Å². The van der Waals surface area contributed by atoms with Gasteiger partial charge in [-0.25, -0.2) is 4.79 Å². The molecule has 1 aromatic carbocycles. The van der Waals surface area contributed by atoms with Gasteiger partial charge in [-0.05, 0) is 17.7 Å². The third kappa shape index (κ3) is 4.06. The molecule has 0 atom stereocenters. The lowest BCUT2D eigenvalue weighted by molar-refractivity contribution is -0.152. The maximum atomic E-state index is 11.4. The largest absolute Gasteiger partial charge is 0.508 e. The monoisotopic (exact) mass is 236 g/mol. The van der Waals surface area contributed by atoms with Gasteiger partial charge in [0.2, 0.25) is 5.78 Å². The first-order valence-electron chi connectivity index (χ1n) is 4.93. The molecule has 0 fully saturated rings. The number of aromatic hydroxyl groups is 1. The van der Waals surface area contributed by atoms with E-state index in [-0.39, 0.29) is 18.0 Å². The fourth-order valence-corrected chi connectivity index (χ4v) is 1.27. The first-order valence-corrected chi connectivity index (χ1v) is 4.93. The van der Waals surface area contributed by atoms with Crippen LogP contribution in [0.2, 0.25) is 0 Å². The zero-order chi connectivity index (χ0) is 12.8. The average Bonchev–Trinajstić information content (AvgIpc) is 2.30. The Morgan fingerprint density at radius 3 is 2.29 bits per heavy atom. The van der Waals surface area contributed by atoms with Gasteiger partial charge in [0.25, 0.3) is 0 Å². The number of rotatable bonds is 5. The summed E-state index contributed by atoms with van der Waals surface area (Å²) in [5.41, 5.74) is 0.672. The molecule has 0 aromatic heterocycles. The molecule has 5 heteroatoms. The minimum atomic E-state index is -1.01. The highest BCUT2D eigenvalue weighted by molar-refractivity contribution is 6.37. The second-order valence-corrected chi connectivity index (χ2v) is 3.47. The van der Waals surface area contributed by atoms with Crippen molar-refractivity contribution in [3.8, 4) is 5.75 Å². The average molecular weight is 236 g/mol. The van der Waals surface area contributed by atoms with Crippen LogP contribution in [-0.4, -0.2) is 29.8 Å². The Morgan fingerprint density at radius 2 is 1.76 bits per heavy atom. The fraction of sp³-hybridized carbons (Fsp3) is 0.250. The third-order valence-corrected chi connectivity index (χ3v) is 2.11. The summed E-state index contributed by atoms with van der Waals surface area (Å²) in [4.78, 5) is 33.3. The number of phenols is 1. The second-order valence-electron chi connectivity index (χ2n) is 3.47. The predicted octanol–water partition coefficient (Wildman–Crippen LogP) is 0.636. The van der Waals surface area contributed by atoms with Crippen molar-refractivity contribution in [2.45, 2.75) is 12.8 Å². The number of ether oxygens (including phenoxy) is 1. The minimum absolute atomic E-state index is 0.0447. The molecule has 0 saturated carbocycles. The molecule has 5 nitrogen and oxygen atoms in total. The zero-order valence-electron chi connectivity index (χ0n) is 9.30. The van der Waals surface area contributed by atoms with Gasteiger partial charge in [0.15, 0.2) is 0 Å². The van der Waals surface area contributed by atoms with Crippen molar-refractivity contribution in [2.75, 3.05) is 7.11 Å². The number of hydrogen-bond donors (Lipinski definition) is 1. The van der Waals surface area contributed by atoms with Gasteiger partial charge in [0.1, 0.15) is 11.5 Å². The molecule has 0 amide bonds. The molecule has 0 heterocycles. The van der Waals surface area contributed by atoms with E-state index in [1.54, 1.807) is 12.1 Å². The zero-order valence-corrected chi connectivity index (χ0v) is 9.30. The number of benzene rings is 1. The van der Waals surface area contributed by atoms with Gasteiger partial charge in [-0.1, -0.05) is 12.1 Å². The van der Waals surface area contributed by atoms with Gasteiger partial charge in [0.05, 0.1) is 13.5 Å². The Balaban J connectivity index is 2.53. The van der Waals surface area contributed by atoms with E-state index in [4.69, 9.17) is 5.11 Å². The molecule has 0 aliphatic heterocycles. The van der Waals surface area contributed by atoms with Crippen LogP contribution in [0, 0.1) is 0 Å². The first-order chi connectivity index (χ1) is 8.02. The van der Waals surface area contributed by atoms with Gasteiger partial charge in [-0.3, -0.25) is 9.59 Å². The molecule has 0 aliphatic carbocycles. The second kappa shape index (κ2) is 5.79. The molecule has 1 rings (SSSR count). The van der Waals surface area contributed by atoms with E-state index < -0.39 is 18.2 Å². The molecule has 17 heavy (non-hydrogen) atoms. The summed E-state index contributed by atoms with van der Waals surface area (Å²) in [6, 6.07) is 6.06. The van der Waals surface area contributed by atoms with E-state index >= 15 is 0 Å². The number of ketones is 2. The highest BCUT2D eigenvalue weighted by Crippen LogP contribution is 2.10. The van der Waals surface area contributed by atoms with Crippen molar-refractivity contribution in [3.63, 3.8) is 0 Å². The number of carbonyl (C=O) groups is 3. The van der Waals surface area contributed by atoms with E-state index in [0.29, 0.717) is 5.56 Å². The number of esters is 1. The summed E-state index contributed by atoms with van der Waals surface area (Å²) in [6.45, 7) is 0. The third-order valence-electron chi connectivity index (χ3n) is 2.11. The fourth-order valence-electron chi connectivity index (χ4n) is 1.27. The molecule has 90 valence electrons. The lowest BCUT2D eigenvalue weighted by Crippen LogP contribution is -2.20. The highest BCUT2D eigenvalue weighted by atomic mass is 16.5. The number of hydrogen-bond acceptors (Lipinski definition) is 5. The molecule has 0 aliphatic rings. The smallest absolute Gasteiger partial charge is 0.374 e. The Kier molecular flexibility index (Phi) is 4.39. The van der Waals surface area contributed by atoms with Gasteiger partial charge >= 0.3 is 5.97 Å². The normalized spacial score (nSPS) is 9.71. The molecular formula is C12H12O5. The lowest BCUT2D eigenvalue weighted by Gasteiger charge is -2.00. The van der Waals surface area contributed by atoms with Crippen LogP contribution in [0.15, 0.2) is 24.3 Å². The van der Waals surface area contributed by atoms with Crippen LogP contribution in [0.1, 0.15) is 12.0 Å². The van der Waals surface area contributed by atoms with Crippen molar-refractivity contribution >= 4 is 17.5 Å². The van der Waals surface area contributed by atoms with Crippen molar-refractivity contribution in [3.05, 3.63) is 29.8 Å². The summed E-state index contributed by atoms with van der Waals surface area (Å²) in [5.74, 6) is -2.13. The van der Waals surface area contributed by atoms with Crippen LogP contribution in [-0.2, 0) is 25.5 Å². The number of phenolic OH excluding ortho intramolecular Hbond substituents is 1. The topological polar surface area (TPSA) is 80.7 Å². The molecule has 0 unspecified atom stereocenters. The van der Waals surface area contributed by atoms with Crippen LogP contribution in [0.3, 0.4) is 0 Å². The maximum Gasteiger partial charge on any atom is 0.374 e. The van der Waals surface area contributed by atoms with Crippen LogP contribution < -0.4 is 0 Å². The molecule has 0 radical (unpaired) electrons. The Hall–Kier alpha value is -2.17. The lowest BCUT2D eigenvalue weighted by atomic mass is 10.1. The molecule has 0 bridgehead atoms. The van der Waals surface area contributed by atoms with Gasteiger partial charge in [0, 0.05) is 6.42 Å². The van der Waals surface area contributed by atoms with Crippen LogP contribution in [0.5, 0.6) is 5.75 Å². The first kappa shape index (κ1) is 12.9. The van der Waals surface area contributed by atoms with Gasteiger partial charge < -0.3 is 9.84 Å². The number of carbonyl (C=O) groups excluding carboxylic acids is 3. The molecule has 1 aromatic rings. The SMILES string of the molecule is COC(=O)C(=O)CC(=O)Cc1ccc(O)cc1. The summed E-state index contributed by atoms with van der Waals surface area (Å²) >= 11 is 0. The van der Waals surface area contributed by atoms with E-state index in [1.165, 1.54) is 12.1 Å². The van der Waals surface area contributed by atoms with Crippen LogP contribution in [0.25, 0.3) is 0 Å². The van der Waals surface area contributed by atoms with Gasteiger partial charge in [-0.15, -0.1) is 0 Å². The summed E-state index contributed by atoms with van der Waals surface area (Å²) < 4.78 is 4.21. The predicted molar refractivity (Wildman–Crippen MR) is 58.5 cm³/mol. The van der Waals surface area contributed by atoms with E-state index in [9.17, 15) is 14.4 Å². The van der Waals surface area contributed by atoms with E-state index in [1.807, 2.05) is 0 Å². The molecule has 0 saturated heterocycles. The Morgan fingerprint density at radius 1 is 1.18 bits per heavy atom. The van der Waals surface area contributed by atoms with Crippen LogP contribution in [0.4, 0.5) is 0 Å². The summed E-state index contributed by atoms with van der Waals surface area (Å²) in [7, 11) is 1.09. The van der Waals surface area contributed by atoms with Crippen molar-refractivity contribution in [1.29, 1.82) is 0 Å². The summed E-state index contributed by atoms with van der Waals surface area (Å²) in [6.07, 6.45) is -0.420. The summed E-state index contributed by atoms with van der Waals surface area (Å²) in [5, 5.41) is 9.04. The standard InChI is InChI=1S/C12H12O5/c1-17-12(16)11(15)7-10(14)6-8-2-4-9(13)5-3-8/h2-5,13H,6-7H2,1H3.